The van der Waals surface area contributed by atoms with Crippen LogP contribution in [-0.2, 0) is 6.54 Å². The summed E-state index contributed by atoms with van der Waals surface area (Å²) in [5.41, 5.74) is 10.8. The maximum atomic E-state index is 8.86. The van der Waals surface area contributed by atoms with Gasteiger partial charge in [0.2, 0.25) is 0 Å². The van der Waals surface area contributed by atoms with E-state index in [0.717, 1.165) is 11.3 Å². The molecule has 114 valence electrons. The molecule has 0 amide bonds. The summed E-state index contributed by atoms with van der Waals surface area (Å²) in [7, 11) is 0. The van der Waals surface area contributed by atoms with E-state index in [0.29, 0.717) is 18.1 Å². The predicted molar refractivity (Wildman–Crippen MR) is 101 cm³/mol. The highest BCUT2D eigenvalue weighted by Crippen LogP contribution is 2.14. The van der Waals surface area contributed by atoms with Crippen LogP contribution in [0.5, 0.6) is 0 Å². The van der Waals surface area contributed by atoms with Gasteiger partial charge in [0, 0.05) is 5.69 Å². The Bertz CT molecular complexity index is 717. The van der Waals surface area contributed by atoms with Gasteiger partial charge in [0.1, 0.15) is 0 Å². The van der Waals surface area contributed by atoms with Crippen LogP contribution in [0.2, 0.25) is 0 Å². The van der Waals surface area contributed by atoms with E-state index in [9.17, 15) is 0 Å². The highest BCUT2D eigenvalue weighted by molar-refractivity contribution is 14.0. The second-order valence-corrected chi connectivity index (χ2v) is 4.94. The van der Waals surface area contributed by atoms with E-state index in [4.69, 9.17) is 11.0 Å². The summed E-state index contributed by atoms with van der Waals surface area (Å²) in [5.74, 6) is 0.362. The third kappa shape index (κ3) is 5.04. The molecule has 0 radical (unpaired) electrons. The molecule has 3 N–H and O–H groups in total. The predicted octanol–water partition coefficient (Wildman–Crippen LogP) is 3.72. The zero-order chi connectivity index (χ0) is 15.2. The molecule has 0 atom stereocenters. The van der Waals surface area contributed by atoms with Gasteiger partial charge < -0.3 is 11.1 Å². The molecule has 0 saturated heterocycles. The lowest BCUT2D eigenvalue weighted by Gasteiger charge is -2.08. The van der Waals surface area contributed by atoms with E-state index < -0.39 is 0 Å². The lowest BCUT2D eigenvalue weighted by molar-refractivity contribution is 1.06. The van der Waals surface area contributed by atoms with E-state index >= 15 is 0 Å². The van der Waals surface area contributed by atoms with Crippen LogP contribution in [-0.4, -0.2) is 5.96 Å². The highest BCUT2D eigenvalue weighted by atomic mass is 127. The molecule has 0 heterocycles. The standard InChI is InChI=1S/C17H18N4.HI/c1-12-6-7-16(8-13(12)2)21-17(19)20-11-15-5-3-4-14(9-15)10-18;/h3-9H,11H2,1-2H3,(H3,19,20,21);1H. The fourth-order valence-electron chi connectivity index (χ4n) is 1.92. The maximum Gasteiger partial charge on any atom is 0.193 e. The van der Waals surface area contributed by atoms with Gasteiger partial charge in [-0.3, -0.25) is 0 Å². The van der Waals surface area contributed by atoms with Gasteiger partial charge in [-0.2, -0.15) is 5.26 Å². The van der Waals surface area contributed by atoms with Crippen LogP contribution in [0, 0.1) is 25.2 Å². The van der Waals surface area contributed by atoms with Crippen LogP contribution in [0.15, 0.2) is 47.5 Å². The molecule has 5 heteroatoms. The van der Waals surface area contributed by atoms with Crippen molar-refractivity contribution >= 4 is 35.6 Å². The van der Waals surface area contributed by atoms with Crippen molar-refractivity contribution in [2.75, 3.05) is 5.32 Å². The van der Waals surface area contributed by atoms with E-state index in [-0.39, 0.29) is 24.0 Å². The van der Waals surface area contributed by atoms with Crippen molar-refractivity contribution in [3.8, 4) is 6.07 Å². The van der Waals surface area contributed by atoms with Crippen LogP contribution in [0.3, 0.4) is 0 Å². The minimum absolute atomic E-state index is 0. The first kappa shape index (κ1) is 18.0. The number of nitriles is 1. The number of guanidine groups is 1. The average molecular weight is 406 g/mol. The summed E-state index contributed by atoms with van der Waals surface area (Å²) in [6.07, 6.45) is 0. The lowest BCUT2D eigenvalue weighted by Crippen LogP contribution is -2.22. The van der Waals surface area contributed by atoms with Crippen molar-refractivity contribution in [3.63, 3.8) is 0 Å². The van der Waals surface area contributed by atoms with Crippen molar-refractivity contribution in [3.05, 3.63) is 64.7 Å². The molecule has 0 bridgehead atoms. The second-order valence-electron chi connectivity index (χ2n) is 4.94. The quantitative estimate of drug-likeness (QED) is 0.464. The first-order valence-corrected chi connectivity index (χ1v) is 6.72. The number of rotatable bonds is 3. The summed E-state index contributed by atoms with van der Waals surface area (Å²) in [5, 5.41) is 11.9. The zero-order valence-electron chi connectivity index (χ0n) is 12.6. The Kier molecular flexibility index (Phi) is 6.86. The Morgan fingerprint density at radius 2 is 1.95 bits per heavy atom. The SMILES string of the molecule is Cc1ccc(NC(N)=NCc2cccc(C#N)c2)cc1C.I. The van der Waals surface area contributed by atoms with Crippen molar-refractivity contribution in [1.82, 2.24) is 0 Å². The second kappa shape index (κ2) is 8.39. The van der Waals surface area contributed by atoms with Gasteiger partial charge in [0.05, 0.1) is 18.2 Å². The van der Waals surface area contributed by atoms with Crippen LogP contribution < -0.4 is 11.1 Å². The number of halogens is 1. The Balaban J connectivity index is 0.00000242. The van der Waals surface area contributed by atoms with Gasteiger partial charge in [-0.05, 0) is 54.8 Å². The fraction of sp³-hybridized carbons (Fsp3) is 0.176. The van der Waals surface area contributed by atoms with Gasteiger partial charge in [-0.15, -0.1) is 24.0 Å². The number of aliphatic imine (C=N–C) groups is 1. The minimum Gasteiger partial charge on any atom is -0.370 e. The smallest absolute Gasteiger partial charge is 0.193 e. The fourth-order valence-corrected chi connectivity index (χ4v) is 1.92. The third-order valence-corrected chi connectivity index (χ3v) is 3.27. The van der Waals surface area contributed by atoms with E-state index in [1.165, 1.54) is 11.1 Å². The molecule has 22 heavy (non-hydrogen) atoms. The first-order chi connectivity index (χ1) is 10.1. The van der Waals surface area contributed by atoms with Crippen LogP contribution in [0.25, 0.3) is 0 Å². The number of nitrogens with two attached hydrogens (primary N) is 1. The topological polar surface area (TPSA) is 74.2 Å². The minimum atomic E-state index is 0. The number of hydrogen-bond donors (Lipinski definition) is 2. The number of nitrogens with one attached hydrogen (secondary N) is 1. The van der Waals surface area contributed by atoms with Crippen molar-refractivity contribution in [2.24, 2.45) is 10.7 Å². The number of hydrogen-bond acceptors (Lipinski definition) is 2. The molecule has 0 aliphatic carbocycles. The molecule has 0 aromatic heterocycles. The summed E-state index contributed by atoms with van der Waals surface area (Å²) in [6, 6.07) is 15.5. The highest BCUT2D eigenvalue weighted by Gasteiger charge is 1.99. The Hall–Kier alpha value is -2.07. The van der Waals surface area contributed by atoms with Crippen molar-refractivity contribution in [2.45, 2.75) is 20.4 Å². The monoisotopic (exact) mass is 406 g/mol. The summed E-state index contributed by atoms with van der Waals surface area (Å²) in [4.78, 5) is 4.29. The number of anilines is 1. The van der Waals surface area contributed by atoms with Gasteiger partial charge in [-0.1, -0.05) is 18.2 Å². The van der Waals surface area contributed by atoms with Crippen LogP contribution >= 0.6 is 24.0 Å². The van der Waals surface area contributed by atoms with Crippen LogP contribution in [0.1, 0.15) is 22.3 Å². The summed E-state index contributed by atoms with van der Waals surface area (Å²) >= 11 is 0. The lowest BCUT2D eigenvalue weighted by atomic mass is 10.1. The number of aryl methyl sites for hydroxylation is 2. The van der Waals surface area contributed by atoms with Crippen molar-refractivity contribution in [1.29, 1.82) is 5.26 Å². The largest absolute Gasteiger partial charge is 0.370 e. The molecular formula is C17H19IN4. The number of benzene rings is 2. The van der Waals surface area contributed by atoms with Crippen molar-refractivity contribution < 1.29 is 0 Å². The van der Waals surface area contributed by atoms with E-state index in [1.807, 2.05) is 36.4 Å². The van der Waals surface area contributed by atoms with Gasteiger partial charge in [0.25, 0.3) is 0 Å². The third-order valence-electron chi connectivity index (χ3n) is 3.27. The molecule has 2 aromatic rings. The molecule has 0 saturated carbocycles. The van der Waals surface area contributed by atoms with E-state index in [2.05, 4.69) is 30.2 Å². The number of nitrogens with zero attached hydrogens (tertiary/aromatic N) is 2. The zero-order valence-corrected chi connectivity index (χ0v) is 15.0. The molecule has 2 aromatic carbocycles. The average Bonchev–Trinajstić information content (AvgIpc) is 2.49. The molecule has 4 nitrogen and oxygen atoms in total. The van der Waals surface area contributed by atoms with Gasteiger partial charge >= 0.3 is 0 Å². The Morgan fingerprint density at radius 1 is 1.18 bits per heavy atom. The Labute approximate surface area is 148 Å². The molecule has 0 aliphatic heterocycles. The first-order valence-electron chi connectivity index (χ1n) is 6.72. The molecule has 2 rings (SSSR count). The molecule has 0 aliphatic rings. The summed E-state index contributed by atoms with van der Waals surface area (Å²) in [6.45, 7) is 4.57. The molecule has 0 spiro atoms. The Morgan fingerprint density at radius 3 is 2.64 bits per heavy atom. The normalized spacial score (nSPS) is 10.5. The summed E-state index contributed by atoms with van der Waals surface area (Å²) < 4.78 is 0. The van der Waals surface area contributed by atoms with Crippen LogP contribution in [0.4, 0.5) is 5.69 Å². The van der Waals surface area contributed by atoms with Gasteiger partial charge in [0.15, 0.2) is 5.96 Å². The van der Waals surface area contributed by atoms with E-state index in [1.54, 1.807) is 6.07 Å². The molecule has 0 unspecified atom stereocenters. The van der Waals surface area contributed by atoms with Gasteiger partial charge in [-0.25, -0.2) is 4.99 Å². The molecular weight excluding hydrogens is 387 g/mol. The molecule has 0 fully saturated rings. The maximum absolute atomic E-state index is 8.86.